The number of nitrogens with zero attached hydrogens (tertiary/aromatic N) is 2. The molecule has 2 heterocycles. The number of para-hydroxylation sites is 1. The van der Waals surface area contributed by atoms with Crippen LogP contribution in [0.1, 0.15) is 11.1 Å². The highest BCUT2D eigenvalue weighted by atomic mass is 32.1. The second-order valence-electron chi connectivity index (χ2n) is 4.43. The molecule has 0 unspecified atom stereocenters. The largest absolute Gasteiger partial charge is 0.398 e. The van der Waals surface area contributed by atoms with Gasteiger partial charge >= 0.3 is 0 Å². The van der Waals surface area contributed by atoms with E-state index in [2.05, 4.69) is 15.5 Å². The van der Waals surface area contributed by atoms with E-state index in [1.165, 1.54) is 0 Å². The van der Waals surface area contributed by atoms with Gasteiger partial charge in [-0.25, -0.2) is 0 Å². The van der Waals surface area contributed by atoms with Crippen LogP contribution in [0.4, 0.5) is 5.69 Å². The number of nitrogen functional groups attached to an aromatic ring is 1. The van der Waals surface area contributed by atoms with E-state index in [9.17, 15) is 0 Å². The van der Waals surface area contributed by atoms with Crippen molar-refractivity contribution in [2.75, 3.05) is 5.73 Å². The van der Waals surface area contributed by atoms with Gasteiger partial charge in [0.15, 0.2) is 0 Å². The second-order valence-corrected chi connectivity index (χ2v) is 5.17. The zero-order valence-corrected chi connectivity index (χ0v) is 11.5. The Morgan fingerprint density at radius 1 is 1.11 bits per heavy atom. The van der Waals surface area contributed by atoms with Gasteiger partial charge in [0.1, 0.15) is 0 Å². The van der Waals surface area contributed by atoms with Crippen molar-refractivity contribution in [1.29, 1.82) is 0 Å². The van der Waals surface area contributed by atoms with E-state index in [4.69, 9.17) is 10.3 Å². The maximum atomic E-state index is 6.05. The number of benzene rings is 1. The Morgan fingerprint density at radius 3 is 2.68 bits per heavy atom. The SMILES string of the molecule is Cc1cscc1-c1noc(-c2cccc(C)c2N)n1. The van der Waals surface area contributed by atoms with Crippen LogP contribution in [0.5, 0.6) is 0 Å². The third kappa shape index (κ3) is 2.02. The molecule has 3 rings (SSSR count). The molecule has 2 N–H and O–H groups in total. The van der Waals surface area contributed by atoms with Crippen molar-refractivity contribution in [3.63, 3.8) is 0 Å². The summed E-state index contributed by atoms with van der Waals surface area (Å²) in [6, 6.07) is 5.78. The summed E-state index contributed by atoms with van der Waals surface area (Å²) < 4.78 is 5.33. The zero-order chi connectivity index (χ0) is 13.4. The van der Waals surface area contributed by atoms with Gasteiger partial charge < -0.3 is 10.3 Å². The molecular formula is C14H13N3OS. The van der Waals surface area contributed by atoms with E-state index in [0.29, 0.717) is 17.4 Å². The van der Waals surface area contributed by atoms with E-state index in [-0.39, 0.29) is 0 Å². The Bertz CT molecular complexity index is 730. The van der Waals surface area contributed by atoms with Crippen molar-refractivity contribution in [1.82, 2.24) is 10.1 Å². The van der Waals surface area contributed by atoms with Crippen molar-refractivity contribution in [2.45, 2.75) is 13.8 Å². The van der Waals surface area contributed by atoms with Gasteiger partial charge in [-0.15, -0.1) is 0 Å². The highest BCUT2D eigenvalue weighted by molar-refractivity contribution is 7.08. The number of aryl methyl sites for hydroxylation is 2. The molecule has 3 aromatic rings. The molecule has 0 spiro atoms. The van der Waals surface area contributed by atoms with Crippen molar-refractivity contribution < 1.29 is 4.52 Å². The minimum atomic E-state index is 0.460. The van der Waals surface area contributed by atoms with Gasteiger partial charge in [-0.1, -0.05) is 17.3 Å². The van der Waals surface area contributed by atoms with E-state index in [0.717, 1.165) is 22.3 Å². The fourth-order valence-corrected chi connectivity index (χ4v) is 2.73. The van der Waals surface area contributed by atoms with Crippen molar-refractivity contribution in [3.05, 3.63) is 40.1 Å². The lowest BCUT2D eigenvalue weighted by molar-refractivity contribution is 0.432. The van der Waals surface area contributed by atoms with Crippen LogP contribution in [0.25, 0.3) is 22.8 Å². The molecule has 2 aromatic heterocycles. The molecule has 0 bridgehead atoms. The Labute approximate surface area is 114 Å². The summed E-state index contributed by atoms with van der Waals surface area (Å²) in [5, 5.41) is 8.11. The predicted molar refractivity (Wildman–Crippen MR) is 76.9 cm³/mol. The highest BCUT2D eigenvalue weighted by Gasteiger charge is 2.15. The first-order valence-electron chi connectivity index (χ1n) is 5.89. The Hall–Kier alpha value is -2.14. The van der Waals surface area contributed by atoms with Gasteiger partial charge in [0.25, 0.3) is 5.89 Å². The molecule has 0 aliphatic rings. The summed E-state index contributed by atoms with van der Waals surface area (Å²) in [4.78, 5) is 4.43. The molecule has 0 saturated heterocycles. The average molecular weight is 271 g/mol. The van der Waals surface area contributed by atoms with E-state index < -0.39 is 0 Å². The maximum absolute atomic E-state index is 6.05. The van der Waals surface area contributed by atoms with Gasteiger partial charge in [-0.05, 0) is 36.4 Å². The van der Waals surface area contributed by atoms with E-state index in [1.807, 2.05) is 37.4 Å². The predicted octanol–water partition coefficient (Wildman–Crippen LogP) is 3.66. The molecule has 0 saturated carbocycles. The minimum Gasteiger partial charge on any atom is -0.398 e. The Balaban J connectivity index is 2.07. The van der Waals surface area contributed by atoms with Crippen LogP contribution in [0.15, 0.2) is 33.5 Å². The average Bonchev–Trinajstić information content (AvgIpc) is 3.01. The summed E-state index contributed by atoms with van der Waals surface area (Å²) in [6.07, 6.45) is 0. The van der Waals surface area contributed by atoms with E-state index in [1.54, 1.807) is 11.3 Å². The highest BCUT2D eigenvalue weighted by Crippen LogP contribution is 2.30. The normalized spacial score (nSPS) is 10.8. The Kier molecular flexibility index (Phi) is 2.83. The van der Waals surface area contributed by atoms with Crippen LogP contribution >= 0.6 is 11.3 Å². The molecule has 0 amide bonds. The fraction of sp³-hybridized carbons (Fsp3) is 0.143. The minimum absolute atomic E-state index is 0.460. The third-order valence-electron chi connectivity index (χ3n) is 3.08. The molecule has 5 heteroatoms. The summed E-state index contributed by atoms with van der Waals surface area (Å²) in [6.45, 7) is 3.99. The van der Waals surface area contributed by atoms with Crippen LogP contribution in [-0.2, 0) is 0 Å². The number of rotatable bonds is 2. The molecule has 0 radical (unpaired) electrons. The topological polar surface area (TPSA) is 64.9 Å². The first-order valence-corrected chi connectivity index (χ1v) is 6.83. The molecule has 19 heavy (non-hydrogen) atoms. The van der Waals surface area contributed by atoms with Crippen LogP contribution in [0, 0.1) is 13.8 Å². The number of hydrogen-bond donors (Lipinski definition) is 1. The van der Waals surface area contributed by atoms with Gasteiger partial charge in [0.05, 0.1) is 5.56 Å². The molecule has 96 valence electrons. The monoisotopic (exact) mass is 271 g/mol. The van der Waals surface area contributed by atoms with Crippen molar-refractivity contribution in [3.8, 4) is 22.8 Å². The number of aromatic nitrogens is 2. The third-order valence-corrected chi connectivity index (χ3v) is 3.94. The van der Waals surface area contributed by atoms with Crippen molar-refractivity contribution >= 4 is 17.0 Å². The molecular weight excluding hydrogens is 258 g/mol. The summed E-state index contributed by atoms with van der Waals surface area (Å²) >= 11 is 1.63. The number of thiophene rings is 1. The van der Waals surface area contributed by atoms with E-state index >= 15 is 0 Å². The molecule has 1 aromatic carbocycles. The fourth-order valence-electron chi connectivity index (χ4n) is 1.90. The number of nitrogens with two attached hydrogens (primary N) is 1. The lowest BCUT2D eigenvalue weighted by atomic mass is 10.1. The summed E-state index contributed by atoms with van der Waals surface area (Å²) in [7, 11) is 0. The molecule has 0 aliphatic heterocycles. The smallest absolute Gasteiger partial charge is 0.260 e. The summed E-state index contributed by atoms with van der Waals surface area (Å²) in [5.74, 6) is 1.07. The molecule has 0 fully saturated rings. The Morgan fingerprint density at radius 2 is 1.95 bits per heavy atom. The standard InChI is InChI=1S/C14H13N3OS/c1-8-4-3-5-10(12(8)15)14-16-13(17-18-14)11-7-19-6-9(11)2/h3-7H,15H2,1-2H3. The maximum Gasteiger partial charge on any atom is 0.260 e. The first-order chi connectivity index (χ1) is 9.16. The molecule has 4 nitrogen and oxygen atoms in total. The first kappa shape index (κ1) is 11.9. The lowest BCUT2D eigenvalue weighted by Crippen LogP contribution is -1.93. The second kappa shape index (κ2) is 4.51. The van der Waals surface area contributed by atoms with Gasteiger partial charge in [-0.2, -0.15) is 16.3 Å². The number of anilines is 1. The zero-order valence-electron chi connectivity index (χ0n) is 10.7. The van der Waals surface area contributed by atoms with Crippen LogP contribution in [-0.4, -0.2) is 10.1 Å². The van der Waals surface area contributed by atoms with Crippen LogP contribution in [0.3, 0.4) is 0 Å². The van der Waals surface area contributed by atoms with Crippen molar-refractivity contribution in [2.24, 2.45) is 0 Å². The lowest BCUT2D eigenvalue weighted by Gasteiger charge is -2.02. The number of hydrogen-bond acceptors (Lipinski definition) is 5. The van der Waals surface area contributed by atoms with Gasteiger partial charge in [-0.3, -0.25) is 0 Å². The summed E-state index contributed by atoms with van der Waals surface area (Å²) in [5.41, 5.74) is 10.7. The van der Waals surface area contributed by atoms with Crippen LogP contribution < -0.4 is 5.73 Å². The van der Waals surface area contributed by atoms with Gasteiger partial charge in [0, 0.05) is 16.6 Å². The quantitative estimate of drug-likeness (QED) is 0.722. The van der Waals surface area contributed by atoms with Gasteiger partial charge in [0.2, 0.25) is 5.82 Å². The van der Waals surface area contributed by atoms with Crippen LogP contribution in [0.2, 0.25) is 0 Å². The molecule has 0 aliphatic carbocycles. The molecule has 0 atom stereocenters.